The van der Waals surface area contributed by atoms with Crippen molar-refractivity contribution < 1.29 is 4.42 Å². The van der Waals surface area contributed by atoms with E-state index < -0.39 is 0 Å². The lowest BCUT2D eigenvalue weighted by atomic mass is 10.1. The summed E-state index contributed by atoms with van der Waals surface area (Å²) in [5.41, 5.74) is 1.29. The molecule has 3 heteroatoms. The van der Waals surface area contributed by atoms with E-state index in [2.05, 4.69) is 37.2 Å². The Kier molecular flexibility index (Phi) is 6.30. The maximum atomic E-state index is 5.32. The maximum Gasteiger partial charge on any atom is 0.105 e. The van der Waals surface area contributed by atoms with Gasteiger partial charge in [-0.3, -0.25) is 4.90 Å². The summed E-state index contributed by atoms with van der Waals surface area (Å²) in [5, 5.41) is 3.45. The molecular weight excluding hydrogens is 212 g/mol. The van der Waals surface area contributed by atoms with Crippen LogP contribution in [0.3, 0.4) is 0 Å². The van der Waals surface area contributed by atoms with Crippen LogP contribution in [0.25, 0.3) is 0 Å². The van der Waals surface area contributed by atoms with E-state index in [-0.39, 0.29) is 0 Å². The summed E-state index contributed by atoms with van der Waals surface area (Å²) < 4.78 is 5.32. The molecule has 1 aromatic rings. The van der Waals surface area contributed by atoms with Crippen LogP contribution in [0.1, 0.15) is 38.0 Å². The Morgan fingerprint density at radius 1 is 1.41 bits per heavy atom. The topological polar surface area (TPSA) is 28.4 Å². The van der Waals surface area contributed by atoms with Crippen molar-refractivity contribution in [2.75, 3.05) is 20.1 Å². The van der Waals surface area contributed by atoms with E-state index in [4.69, 9.17) is 4.42 Å². The van der Waals surface area contributed by atoms with Gasteiger partial charge in [-0.05, 0) is 52.9 Å². The third-order valence-electron chi connectivity index (χ3n) is 3.30. The Morgan fingerprint density at radius 2 is 2.18 bits per heavy atom. The van der Waals surface area contributed by atoms with Gasteiger partial charge in [0.05, 0.1) is 6.26 Å². The Hall–Kier alpha value is -0.800. The summed E-state index contributed by atoms with van der Waals surface area (Å²) in [7, 11) is 2.18. The number of hydrogen-bond donors (Lipinski definition) is 1. The van der Waals surface area contributed by atoms with Crippen molar-refractivity contribution in [3.05, 3.63) is 23.7 Å². The molecule has 17 heavy (non-hydrogen) atoms. The van der Waals surface area contributed by atoms with Gasteiger partial charge in [-0.1, -0.05) is 6.92 Å². The van der Waals surface area contributed by atoms with Crippen molar-refractivity contribution in [2.24, 2.45) is 0 Å². The van der Waals surface area contributed by atoms with Crippen molar-refractivity contribution in [2.45, 2.75) is 46.2 Å². The minimum absolute atomic E-state index is 0.591. The molecule has 0 fully saturated rings. The zero-order valence-corrected chi connectivity index (χ0v) is 11.6. The molecule has 1 heterocycles. The molecule has 0 aliphatic carbocycles. The van der Waals surface area contributed by atoms with E-state index in [1.54, 1.807) is 6.26 Å². The fraction of sp³-hybridized carbons (Fsp3) is 0.714. The van der Waals surface area contributed by atoms with Crippen LogP contribution in [-0.4, -0.2) is 31.1 Å². The highest BCUT2D eigenvalue weighted by Crippen LogP contribution is 2.13. The van der Waals surface area contributed by atoms with Crippen LogP contribution < -0.4 is 5.32 Å². The molecule has 3 nitrogen and oxygen atoms in total. The lowest BCUT2D eigenvalue weighted by molar-refractivity contribution is 0.235. The van der Waals surface area contributed by atoms with E-state index in [1.165, 1.54) is 18.4 Å². The van der Waals surface area contributed by atoms with Crippen LogP contribution in [0.2, 0.25) is 0 Å². The summed E-state index contributed by atoms with van der Waals surface area (Å²) in [6, 6.07) is 2.65. The van der Waals surface area contributed by atoms with Crippen LogP contribution in [0.5, 0.6) is 0 Å². The van der Waals surface area contributed by atoms with Gasteiger partial charge in [0.15, 0.2) is 0 Å². The second-order valence-corrected chi connectivity index (χ2v) is 4.80. The average Bonchev–Trinajstić information content (AvgIpc) is 2.70. The van der Waals surface area contributed by atoms with Crippen LogP contribution >= 0.6 is 0 Å². The number of furan rings is 1. The first-order valence-corrected chi connectivity index (χ1v) is 6.59. The molecule has 0 saturated heterocycles. The SMILES string of the molecule is CCCNCCC(C)N(C)Cc1ccoc1C. The van der Waals surface area contributed by atoms with Crippen molar-refractivity contribution in [3.63, 3.8) is 0 Å². The Labute approximate surface area is 105 Å². The van der Waals surface area contributed by atoms with E-state index in [0.29, 0.717) is 6.04 Å². The summed E-state index contributed by atoms with van der Waals surface area (Å²) in [6.07, 6.45) is 4.16. The van der Waals surface area contributed by atoms with Gasteiger partial charge in [0.2, 0.25) is 0 Å². The van der Waals surface area contributed by atoms with Gasteiger partial charge in [-0.25, -0.2) is 0 Å². The Balaban J connectivity index is 2.27. The smallest absolute Gasteiger partial charge is 0.105 e. The van der Waals surface area contributed by atoms with E-state index in [9.17, 15) is 0 Å². The van der Waals surface area contributed by atoms with Crippen LogP contribution in [0, 0.1) is 6.92 Å². The van der Waals surface area contributed by atoms with Gasteiger partial charge in [0.1, 0.15) is 5.76 Å². The molecule has 1 unspecified atom stereocenters. The quantitative estimate of drug-likeness (QED) is 0.706. The summed E-state index contributed by atoms with van der Waals surface area (Å²) >= 11 is 0. The number of rotatable bonds is 8. The molecule has 0 radical (unpaired) electrons. The first-order chi connectivity index (χ1) is 8.15. The fourth-order valence-electron chi connectivity index (χ4n) is 1.83. The lowest BCUT2D eigenvalue weighted by Crippen LogP contribution is -2.32. The Morgan fingerprint density at radius 3 is 2.76 bits per heavy atom. The third-order valence-corrected chi connectivity index (χ3v) is 3.30. The minimum atomic E-state index is 0.591. The van der Waals surface area contributed by atoms with Crippen molar-refractivity contribution >= 4 is 0 Å². The molecule has 0 spiro atoms. The van der Waals surface area contributed by atoms with Crippen LogP contribution in [0.4, 0.5) is 0 Å². The molecule has 0 amide bonds. The maximum absolute atomic E-state index is 5.32. The van der Waals surface area contributed by atoms with E-state index >= 15 is 0 Å². The fourth-order valence-corrected chi connectivity index (χ4v) is 1.83. The molecule has 98 valence electrons. The molecule has 0 aromatic carbocycles. The lowest BCUT2D eigenvalue weighted by Gasteiger charge is -2.24. The van der Waals surface area contributed by atoms with Gasteiger partial charge in [0, 0.05) is 18.2 Å². The van der Waals surface area contributed by atoms with E-state index in [0.717, 1.165) is 25.4 Å². The molecule has 1 rings (SSSR count). The highest BCUT2D eigenvalue weighted by Gasteiger charge is 2.11. The second kappa shape index (κ2) is 7.51. The van der Waals surface area contributed by atoms with Crippen LogP contribution in [-0.2, 0) is 6.54 Å². The minimum Gasteiger partial charge on any atom is -0.469 e. The van der Waals surface area contributed by atoms with Crippen molar-refractivity contribution in [1.82, 2.24) is 10.2 Å². The van der Waals surface area contributed by atoms with Crippen LogP contribution in [0.15, 0.2) is 16.7 Å². The molecular formula is C14H26N2O. The predicted molar refractivity (Wildman–Crippen MR) is 72.2 cm³/mol. The zero-order chi connectivity index (χ0) is 12.7. The number of nitrogens with one attached hydrogen (secondary N) is 1. The average molecular weight is 238 g/mol. The number of hydrogen-bond acceptors (Lipinski definition) is 3. The predicted octanol–water partition coefficient (Wildman–Crippen LogP) is 2.80. The molecule has 1 aromatic heterocycles. The normalized spacial score (nSPS) is 13.2. The first kappa shape index (κ1) is 14.3. The second-order valence-electron chi connectivity index (χ2n) is 4.80. The largest absolute Gasteiger partial charge is 0.469 e. The van der Waals surface area contributed by atoms with Gasteiger partial charge in [0.25, 0.3) is 0 Å². The Bertz CT molecular complexity index is 309. The molecule has 0 saturated carbocycles. The van der Waals surface area contributed by atoms with Gasteiger partial charge in [-0.15, -0.1) is 0 Å². The monoisotopic (exact) mass is 238 g/mol. The molecule has 0 bridgehead atoms. The van der Waals surface area contributed by atoms with Crippen molar-refractivity contribution in [3.8, 4) is 0 Å². The first-order valence-electron chi connectivity index (χ1n) is 6.59. The van der Waals surface area contributed by atoms with Crippen molar-refractivity contribution in [1.29, 1.82) is 0 Å². The molecule has 0 aliphatic heterocycles. The van der Waals surface area contributed by atoms with Gasteiger partial charge in [-0.2, -0.15) is 0 Å². The standard InChI is InChI=1S/C14H26N2O/c1-5-8-15-9-6-12(2)16(4)11-14-7-10-17-13(14)3/h7,10,12,15H,5-6,8-9,11H2,1-4H3. The van der Waals surface area contributed by atoms with Gasteiger partial charge >= 0.3 is 0 Å². The summed E-state index contributed by atoms with van der Waals surface area (Å²) in [5.74, 6) is 1.04. The highest BCUT2D eigenvalue weighted by molar-refractivity contribution is 5.15. The summed E-state index contributed by atoms with van der Waals surface area (Å²) in [6.45, 7) is 9.70. The highest BCUT2D eigenvalue weighted by atomic mass is 16.3. The molecule has 1 atom stereocenters. The molecule has 0 aliphatic rings. The summed E-state index contributed by atoms with van der Waals surface area (Å²) in [4.78, 5) is 2.38. The van der Waals surface area contributed by atoms with E-state index in [1.807, 2.05) is 6.92 Å². The molecule has 1 N–H and O–H groups in total. The van der Waals surface area contributed by atoms with Gasteiger partial charge < -0.3 is 9.73 Å². The number of nitrogens with zero attached hydrogens (tertiary/aromatic N) is 1. The number of aryl methyl sites for hydroxylation is 1. The zero-order valence-electron chi connectivity index (χ0n) is 11.6. The third kappa shape index (κ3) is 4.92.